The molecule has 0 atom stereocenters. The van der Waals surface area contributed by atoms with Crippen molar-refractivity contribution in [3.8, 4) is 0 Å². The molecule has 0 aromatic heterocycles. The third-order valence-electron chi connectivity index (χ3n) is 5.92. The van der Waals surface area contributed by atoms with E-state index in [0.717, 1.165) is 5.56 Å². The summed E-state index contributed by atoms with van der Waals surface area (Å²) in [5.74, 6) is -0.0413. The van der Waals surface area contributed by atoms with Gasteiger partial charge in [-0.15, -0.1) is 0 Å². The van der Waals surface area contributed by atoms with E-state index in [-0.39, 0.29) is 37.4 Å². The first-order valence-corrected chi connectivity index (χ1v) is 12.0. The van der Waals surface area contributed by atoms with Crippen LogP contribution in [0, 0.1) is 0 Å². The van der Waals surface area contributed by atoms with Gasteiger partial charge < -0.3 is 29.3 Å². The Bertz CT molecular complexity index is 810. The van der Waals surface area contributed by atoms with Crippen LogP contribution in [0.4, 0.5) is 9.59 Å². The number of hydrogen-bond donors (Lipinski definition) is 1. The predicted octanol–water partition coefficient (Wildman–Crippen LogP) is 3.32. The molecule has 9 heteroatoms. The summed E-state index contributed by atoms with van der Waals surface area (Å²) >= 11 is 0. The molecule has 0 spiro atoms. The number of likely N-dealkylation sites (tertiary alicyclic amines) is 2. The normalized spacial score (nSPS) is 17.9. The zero-order valence-corrected chi connectivity index (χ0v) is 20.5. The highest BCUT2D eigenvalue weighted by atomic mass is 16.6. The number of amides is 3. The Labute approximate surface area is 201 Å². The zero-order chi connectivity index (χ0) is 24.6. The summed E-state index contributed by atoms with van der Waals surface area (Å²) in [5, 5.41) is 2.88. The maximum atomic E-state index is 12.6. The summed E-state index contributed by atoms with van der Waals surface area (Å²) < 4.78 is 16.5. The molecule has 2 aliphatic heterocycles. The number of carbonyl (C=O) groups excluding carboxylic acids is 3. The van der Waals surface area contributed by atoms with Crippen LogP contribution >= 0.6 is 0 Å². The molecule has 188 valence electrons. The van der Waals surface area contributed by atoms with Crippen molar-refractivity contribution in [3.63, 3.8) is 0 Å². The summed E-state index contributed by atoms with van der Waals surface area (Å²) in [7, 11) is 0. The zero-order valence-electron chi connectivity index (χ0n) is 20.5. The molecule has 2 aliphatic rings. The highest BCUT2D eigenvalue weighted by Crippen LogP contribution is 2.17. The summed E-state index contributed by atoms with van der Waals surface area (Å²) in [5.41, 5.74) is 0.425. The van der Waals surface area contributed by atoms with E-state index in [1.807, 2.05) is 51.1 Å². The number of piperidine rings is 2. The molecule has 0 unspecified atom stereocenters. The molecule has 1 N–H and O–H groups in total. The fourth-order valence-corrected chi connectivity index (χ4v) is 4.04. The van der Waals surface area contributed by atoms with E-state index < -0.39 is 11.7 Å². The Kier molecular flexibility index (Phi) is 9.15. The minimum atomic E-state index is -0.531. The first kappa shape index (κ1) is 25.8. The van der Waals surface area contributed by atoms with Crippen LogP contribution in [0.5, 0.6) is 0 Å². The summed E-state index contributed by atoms with van der Waals surface area (Å²) in [6, 6.07) is 9.60. The number of carbonyl (C=O) groups is 3. The quantitative estimate of drug-likeness (QED) is 0.678. The Morgan fingerprint density at radius 3 is 2.18 bits per heavy atom. The average molecular weight is 476 g/mol. The van der Waals surface area contributed by atoms with Crippen LogP contribution in [0.3, 0.4) is 0 Å². The summed E-state index contributed by atoms with van der Waals surface area (Å²) in [6.07, 6.45) is 1.94. The monoisotopic (exact) mass is 475 g/mol. The van der Waals surface area contributed by atoms with Crippen LogP contribution < -0.4 is 5.32 Å². The van der Waals surface area contributed by atoms with Crippen molar-refractivity contribution >= 4 is 18.1 Å². The van der Waals surface area contributed by atoms with Crippen molar-refractivity contribution in [1.29, 1.82) is 0 Å². The number of nitrogens with zero attached hydrogens (tertiary/aromatic N) is 2. The molecule has 9 nitrogen and oxygen atoms in total. The van der Waals surface area contributed by atoms with Gasteiger partial charge in [-0.25, -0.2) is 9.59 Å². The minimum absolute atomic E-state index is 0.00536. The van der Waals surface area contributed by atoms with Gasteiger partial charge in [-0.2, -0.15) is 0 Å². The molecule has 3 rings (SSSR count). The lowest BCUT2D eigenvalue weighted by Crippen LogP contribution is -2.48. The fourth-order valence-electron chi connectivity index (χ4n) is 4.04. The van der Waals surface area contributed by atoms with Crippen LogP contribution in [0.2, 0.25) is 0 Å². The highest BCUT2D eigenvalue weighted by Gasteiger charge is 2.28. The highest BCUT2D eigenvalue weighted by molar-refractivity contribution is 5.77. The number of nitrogens with one attached hydrogen (secondary N) is 1. The Hall–Kier alpha value is -2.81. The molecule has 3 amide bonds. The van der Waals surface area contributed by atoms with Gasteiger partial charge in [0.25, 0.3) is 0 Å². The van der Waals surface area contributed by atoms with Crippen molar-refractivity contribution in [3.05, 3.63) is 35.9 Å². The molecule has 0 saturated carbocycles. The second-order valence-electron chi connectivity index (χ2n) is 9.84. The lowest BCUT2D eigenvalue weighted by atomic mass is 10.1. The van der Waals surface area contributed by atoms with E-state index in [2.05, 4.69) is 5.32 Å². The molecule has 0 radical (unpaired) electrons. The maximum absolute atomic E-state index is 12.6. The third kappa shape index (κ3) is 8.52. The second-order valence-corrected chi connectivity index (χ2v) is 9.84. The van der Waals surface area contributed by atoms with Crippen LogP contribution in [-0.4, -0.2) is 78.4 Å². The van der Waals surface area contributed by atoms with Gasteiger partial charge >= 0.3 is 12.2 Å². The van der Waals surface area contributed by atoms with E-state index in [0.29, 0.717) is 51.9 Å². The number of benzene rings is 1. The fraction of sp³-hybridized carbons (Fsp3) is 0.640. The Morgan fingerprint density at radius 1 is 0.941 bits per heavy atom. The number of ether oxygens (including phenoxy) is 3. The van der Waals surface area contributed by atoms with Gasteiger partial charge in [-0.3, -0.25) is 4.79 Å². The van der Waals surface area contributed by atoms with Crippen molar-refractivity contribution in [2.75, 3.05) is 32.8 Å². The molecule has 2 saturated heterocycles. The van der Waals surface area contributed by atoms with E-state index in [9.17, 15) is 14.4 Å². The van der Waals surface area contributed by atoms with Crippen molar-refractivity contribution in [1.82, 2.24) is 15.1 Å². The molecule has 2 heterocycles. The predicted molar refractivity (Wildman–Crippen MR) is 126 cm³/mol. The standard InChI is InChI=1S/C25H37N3O6/c1-25(2,3)34-23(30)26-20-9-13-27(14-10-20)22(29)18-32-21-11-15-28(16-12-21)24(31)33-17-19-7-5-4-6-8-19/h4-8,20-21H,9-18H2,1-3H3,(H,26,30). The first-order chi connectivity index (χ1) is 16.2. The molecule has 1 aromatic carbocycles. The van der Waals surface area contributed by atoms with Crippen LogP contribution in [0.1, 0.15) is 52.0 Å². The van der Waals surface area contributed by atoms with Crippen LogP contribution in [0.15, 0.2) is 30.3 Å². The molecule has 0 aliphatic carbocycles. The Morgan fingerprint density at radius 2 is 1.56 bits per heavy atom. The van der Waals surface area contributed by atoms with Gasteiger partial charge in [-0.05, 0) is 52.0 Å². The van der Waals surface area contributed by atoms with Crippen molar-refractivity contribution in [2.24, 2.45) is 0 Å². The van der Waals surface area contributed by atoms with E-state index in [1.165, 1.54) is 0 Å². The van der Waals surface area contributed by atoms with Crippen molar-refractivity contribution < 1.29 is 28.6 Å². The molecule has 0 bridgehead atoms. The lowest BCUT2D eigenvalue weighted by Gasteiger charge is -2.34. The van der Waals surface area contributed by atoms with Gasteiger partial charge in [0.05, 0.1) is 6.10 Å². The first-order valence-electron chi connectivity index (χ1n) is 12.0. The number of rotatable bonds is 6. The smallest absolute Gasteiger partial charge is 0.410 e. The van der Waals surface area contributed by atoms with Gasteiger partial charge in [0, 0.05) is 32.2 Å². The molecular weight excluding hydrogens is 438 g/mol. The van der Waals surface area contributed by atoms with E-state index in [4.69, 9.17) is 14.2 Å². The largest absolute Gasteiger partial charge is 0.445 e. The topological polar surface area (TPSA) is 97.4 Å². The average Bonchev–Trinajstić information content (AvgIpc) is 2.81. The van der Waals surface area contributed by atoms with E-state index >= 15 is 0 Å². The van der Waals surface area contributed by atoms with Crippen molar-refractivity contribution in [2.45, 2.75) is 70.8 Å². The van der Waals surface area contributed by atoms with Gasteiger partial charge in [0.15, 0.2) is 0 Å². The third-order valence-corrected chi connectivity index (χ3v) is 5.92. The van der Waals surface area contributed by atoms with Crippen LogP contribution in [0.25, 0.3) is 0 Å². The van der Waals surface area contributed by atoms with Crippen LogP contribution in [-0.2, 0) is 25.6 Å². The maximum Gasteiger partial charge on any atom is 0.410 e. The molecular formula is C25H37N3O6. The molecule has 2 fully saturated rings. The van der Waals surface area contributed by atoms with E-state index in [1.54, 1.807) is 9.80 Å². The summed E-state index contributed by atoms with van der Waals surface area (Å²) in [4.78, 5) is 40.2. The number of alkyl carbamates (subject to hydrolysis) is 1. The van der Waals surface area contributed by atoms with Gasteiger partial charge in [-0.1, -0.05) is 30.3 Å². The molecule has 34 heavy (non-hydrogen) atoms. The number of hydrogen-bond acceptors (Lipinski definition) is 6. The summed E-state index contributed by atoms with van der Waals surface area (Å²) in [6.45, 7) is 8.03. The van der Waals surface area contributed by atoms with Gasteiger partial charge in [0.1, 0.15) is 18.8 Å². The van der Waals surface area contributed by atoms with Gasteiger partial charge in [0.2, 0.25) is 5.91 Å². The lowest BCUT2D eigenvalue weighted by molar-refractivity contribution is -0.140. The molecule has 1 aromatic rings. The SMILES string of the molecule is CC(C)(C)OC(=O)NC1CCN(C(=O)COC2CCN(C(=O)OCc3ccccc3)CC2)CC1. The second kappa shape index (κ2) is 12.1. The Balaban J connectivity index is 1.29. The minimum Gasteiger partial charge on any atom is -0.445 e.